The van der Waals surface area contributed by atoms with Gasteiger partial charge in [-0.3, -0.25) is 10.1 Å². The number of hydrogen-bond acceptors (Lipinski definition) is 3. The Bertz CT molecular complexity index is 358. The summed E-state index contributed by atoms with van der Waals surface area (Å²) in [7, 11) is 0. The van der Waals surface area contributed by atoms with Crippen molar-refractivity contribution < 1.29 is 10.0 Å². The maximum atomic E-state index is 10.4. The summed E-state index contributed by atoms with van der Waals surface area (Å²) in [5.41, 5.74) is 0.433. The lowest BCUT2D eigenvalue weighted by Gasteiger charge is -1.97. The normalized spacial score (nSPS) is 10.5. The first-order valence-electron chi connectivity index (χ1n) is 3.75. The van der Waals surface area contributed by atoms with Gasteiger partial charge in [-0.1, -0.05) is 12.2 Å². The standard InChI is InChI=1S/C9H9NO3/c1-2-3-7-6-8(10(12)13)4-5-9(7)11/h2-6,11H,1H3. The minimum absolute atomic E-state index is 0.0223. The van der Waals surface area contributed by atoms with E-state index in [2.05, 4.69) is 0 Å². The van der Waals surface area contributed by atoms with E-state index in [1.807, 2.05) is 0 Å². The summed E-state index contributed by atoms with van der Waals surface area (Å²) in [6.45, 7) is 1.78. The Morgan fingerprint density at radius 1 is 1.54 bits per heavy atom. The van der Waals surface area contributed by atoms with Crippen LogP contribution >= 0.6 is 0 Å². The predicted octanol–water partition coefficient (Wildman–Crippen LogP) is 2.33. The maximum Gasteiger partial charge on any atom is 0.270 e. The molecular weight excluding hydrogens is 170 g/mol. The highest BCUT2D eigenvalue weighted by Crippen LogP contribution is 2.23. The minimum atomic E-state index is -0.494. The number of allylic oxidation sites excluding steroid dienone is 1. The second kappa shape index (κ2) is 3.71. The van der Waals surface area contributed by atoms with Gasteiger partial charge in [0.15, 0.2) is 0 Å². The Kier molecular flexibility index (Phi) is 2.64. The van der Waals surface area contributed by atoms with Crippen LogP contribution in [-0.2, 0) is 0 Å². The van der Waals surface area contributed by atoms with E-state index < -0.39 is 4.92 Å². The summed E-state index contributed by atoms with van der Waals surface area (Å²) < 4.78 is 0. The Labute approximate surface area is 75.3 Å². The number of phenolic OH excluding ortho intramolecular Hbond substituents is 1. The smallest absolute Gasteiger partial charge is 0.270 e. The van der Waals surface area contributed by atoms with Gasteiger partial charge in [-0.2, -0.15) is 0 Å². The molecule has 0 amide bonds. The zero-order valence-corrected chi connectivity index (χ0v) is 7.10. The van der Waals surface area contributed by atoms with E-state index >= 15 is 0 Å². The zero-order chi connectivity index (χ0) is 9.84. The molecule has 0 aliphatic carbocycles. The van der Waals surface area contributed by atoms with Crippen LogP contribution in [-0.4, -0.2) is 10.0 Å². The molecule has 0 atom stereocenters. The van der Waals surface area contributed by atoms with E-state index in [9.17, 15) is 15.2 Å². The van der Waals surface area contributed by atoms with Crippen molar-refractivity contribution in [3.8, 4) is 5.75 Å². The molecule has 0 aliphatic rings. The quantitative estimate of drug-likeness (QED) is 0.559. The maximum absolute atomic E-state index is 10.4. The average molecular weight is 179 g/mol. The first kappa shape index (κ1) is 9.25. The average Bonchev–Trinajstić information content (AvgIpc) is 2.08. The molecule has 13 heavy (non-hydrogen) atoms. The third-order valence-corrected chi connectivity index (χ3v) is 1.57. The number of aromatic hydroxyl groups is 1. The van der Waals surface area contributed by atoms with Crippen LogP contribution in [0, 0.1) is 10.1 Å². The van der Waals surface area contributed by atoms with E-state index in [0.29, 0.717) is 5.56 Å². The van der Waals surface area contributed by atoms with Crippen LogP contribution in [0.3, 0.4) is 0 Å². The Balaban J connectivity index is 3.18. The summed E-state index contributed by atoms with van der Waals surface area (Å²) >= 11 is 0. The summed E-state index contributed by atoms with van der Waals surface area (Å²) in [5, 5.41) is 19.6. The van der Waals surface area contributed by atoms with Crippen LogP contribution in [0.4, 0.5) is 5.69 Å². The van der Waals surface area contributed by atoms with Gasteiger partial charge >= 0.3 is 0 Å². The van der Waals surface area contributed by atoms with Gasteiger partial charge in [0.1, 0.15) is 5.75 Å². The third-order valence-electron chi connectivity index (χ3n) is 1.57. The third kappa shape index (κ3) is 2.05. The molecule has 0 unspecified atom stereocenters. The van der Waals surface area contributed by atoms with Crippen LogP contribution < -0.4 is 0 Å². The number of phenols is 1. The topological polar surface area (TPSA) is 63.4 Å². The van der Waals surface area contributed by atoms with E-state index in [4.69, 9.17) is 0 Å². The molecule has 0 spiro atoms. The summed E-state index contributed by atoms with van der Waals surface area (Å²) in [4.78, 5) is 9.87. The van der Waals surface area contributed by atoms with Gasteiger partial charge in [-0.25, -0.2) is 0 Å². The molecule has 0 aliphatic heterocycles. The van der Waals surface area contributed by atoms with E-state index in [1.54, 1.807) is 19.1 Å². The molecule has 0 fully saturated rings. The molecule has 1 aromatic carbocycles. The molecule has 1 aromatic rings. The Morgan fingerprint density at radius 2 is 2.23 bits per heavy atom. The van der Waals surface area contributed by atoms with Gasteiger partial charge in [0, 0.05) is 17.7 Å². The highest BCUT2D eigenvalue weighted by molar-refractivity contribution is 5.60. The van der Waals surface area contributed by atoms with Crippen LogP contribution in [0.5, 0.6) is 5.75 Å². The van der Waals surface area contributed by atoms with Gasteiger partial charge in [-0.15, -0.1) is 0 Å². The lowest BCUT2D eigenvalue weighted by atomic mass is 10.1. The van der Waals surface area contributed by atoms with Crippen LogP contribution in [0.25, 0.3) is 6.08 Å². The van der Waals surface area contributed by atoms with Crippen LogP contribution in [0.2, 0.25) is 0 Å². The van der Waals surface area contributed by atoms with E-state index in [1.165, 1.54) is 18.2 Å². The molecule has 0 bridgehead atoms. The monoisotopic (exact) mass is 179 g/mol. The summed E-state index contributed by atoms with van der Waals surface area (Å²) in [6.07, 6.45) is 3.32. The number of nitro benzene ring substituents is 1. The number of non-ortho nitro benzene ring substituents is 1. The van der Waals surface area contributed by atoms with Crippen molar-refractivity contribution in [2.45, 2.75) is 6.92 Å². The lowest BCUT2D eigenvalue weighted by Crippen LogP contribution is -1.87. The fourth-order valence-corrected chi connectivity index (χ4v) is 0.969. The number of nitro groups is 1. The minimum Gasteiger partial charge on any atom is -0.507 e. The molecule has 0 heterocycles. The van der Waals surface area contributed by atoms with Crippen molar-refractivity contribution in [3.63, 3.8) is 0 Å². The first-order valence-corrected chi connectivity index (χ1v) is 3.75. The fraction of sp³-hybridized carbons (Fsp3) is 0.111. The molecule has 68 valence electrons. The summed E-state index contributed by atoms with van der Waals surface area (Å²) in [5.74, 6) is 0.0451. The highest BCUT2D eigenvalue weighted by Gasteiger charge is 2.07. The predicted molar refractivity (Wildman–Crippen MR) is 49.5 cm³/mol. The lowest BCUT2D eigenvalue weighted by molar-refractivity contribution is -0.384. The molecule has 1 rings (SSSR count). The van der Waals surface area contributed by atoms with Crippen molar-refractivity contribution >= 4 is 11.8 Å². The van der Waals surface area contributed by atoms with Crippen molar-refractivity contribution in [2.24, 2.45) is 0 Å². The van der Waals surface area contributed by atoms with Gasteiger partial charge in [0.2, 0.25) is 0 Å². The highest BCUT2D eigenvalue weighted by atomic mass is 16.6. The molecule has 0 radical (unpaired) electrons. The van der Waals surface area contributed by atoms with Crippen LogP contribution in [0.1, 0.15) is 12.5 Å². The molecule has 0 aromatic heterocycles. The zero-order valence-electron chi connectivity index (χ0n) is 7.10. The van der Waals surface area contributed by atoms with Crippen molar-refractivity contribution in [1.82, 2.24) is 0 Å². The van der Waals surface area contributed by atoms with Crippen molar-refractivity contribution in [1.29, 1.82) is 0 Å². The number of rotatable bonds is 2. The SMILES string of the molecule is CC=Cc1cc([N+](=O)[O-])ccc1O. The van der Waals surface area contributed by atoms with E-state index in [0.717, 1.165) is 0 Å². The first-order chi connectivity index (χ1) is 6.15. The molecular formula is C9H9NO3. The van der Waals surface area contributed by atoms with Crippen LogP contribution in [0.15, 0.2) is 24.3 Å². The molecule has 0 saturated heterocycles. The van der Waals surface area contributed by atoms with Gasteiger partial charge < -0.3 is 5.11 Å². The molecule has 0 saturated carbocycles. The van der Waals surface area contributed by atoms with Gasteiger partial charge in [-0.05, 0) is 13.0 Å². The van der Waals surface area contributed by atoms with Crippen molar-refractivity contribution in [3.05, 3.63) is 40.0 Å². The Hall–Kier alpha value is -1.84. The van der Waals surface area contributed by atoms with Gasteiger partial charge in [0.25, 0.3) is 5.69 Å². The molecule has 4 heteroatoms. The second-order valence-electron chi connectivity index (χ2n) is 2.50. The number of hydrogen-bond donors (Lipinski definition) is 1. The molecule has 1 N–H and O–H groups in total. The second-order valence-corrected chi connectivity index (χ2v) is 2.50. The largest absolute Gasteiger partial charge is 0.507 e. The molecule has 4 nitrogen and oxygen atoms in total. The fourth-order valence-electron chi connectivity index (χ4n) is 0.969. The number of nitrogens with zero attached hydrogens (tertiary/aromatic N) is 1. The van der Waals surface area contributed by atoms with E-state index in [-0.39, 0.29) is 11.4 Å². The Morgan fingerprint density at radius 3 is 2.77 bits per heavy atom. The van der Waals surface area contributed by atoms with Gasteiger partial charge in [0.05, 0.1) is 4.92 Å². The van der Waals surface area contributed by atoms with Crippen molar-refractivity contribution in [2.75, 3.05) is 0 Å². The summed E-state index contributed by atoms with van der Waals surface area (Å²) in [6, 6.07) is 3.91. The number of benzene rings is 1.